The third kappa shape index (κ3) is 2.38. The van der Waals surface area contributed by atoms with Gasteiger partial charge in [-0.25, -0.2) is 4.79 Å². The normalized spacial score (nSPS) is 15.2. The molecule has 1 aliphatic heterocycles. The lowest BCUT2D eigenvalue weighted by Crippen LogP contribution is -2.37. The van der Waals surface area contributed by atoms with E-state index in [0.29, 0.717) is 55.0 Å². The Balaban J connectivity index is 2.29. The van der Waals surface area contributed by atoms with E-state index in [-0.39, 0.29) is 5.56 Å². The maximum Gasteiger partial charge on any atom is 0.349 e. The summed E-state index contributed by atoms with van der Waals surface area (Å²) in [5.74, 6) is 0.641. The van der Waals surface area contributed by atoms with Gasteiger partial charge in [-0.15, -0.1) is 0 Å². The number of hydrogen-bond donors (Lipinski definition) is 0. The van der Waals surface area contributed by atoms with Gasteiger partial charge in [-0.3, -0.25) is 4.79 Å². The molecule has 0 unspecified atom stereocenters. The number of methoxy groups -OCH3 is 1. The second-order valence-corrected chi connectivity index (χ2v) is 4.73. The van der Waals surface area contributed by atoms with E-state index in [1.807, 2.05) is 4.90 Å². The van der Waals surface area contributed by atoms with Crippen molar-refractivity contribution in [1.82, 2.24) is 0 Å². The zero-order chi connectivity index (χ0) is 14.8. The van der Waals surface area contributed by atoms with Crippen LogP contribution in [0, 0.1) is 0 Å². The molecule has 1 fully saturated rings. The van der Waals surface area contributed by atoms with E-state index < -0.39 is 5.63 Å². The number of nitrogens with zero attached hydrogens (tertiary/aromatic N) is 1. The molecule has 0 N–H and O–H groups in total. The molecule has 0 atom stereocenters. The molecule has 6 heteroatoms. The summed E-state index contributed by atoms with van der Waals surface area (Å²) in [7, 11) is 1.56. The summed E-state index contributed by atoms with van der Waals surface area (Å²) in [4.78, 5) is 25.3. The minimum Gasteiger partial charge on any atom is -0.497 e. The van der Waals surface area contributed by atoms with Crippen LogP contribution in [0.15, 0.2) is 27.4 Å². The Morgan fingerprint density at radius 2 is 2.05 bits per heavy atom. The van der Waals surface area contributed by atoms with E-state index in [1.54, 1.807) is 25.3 Å². The van der Waals surface area contributed by atoms with E-state index >= 15 is 0 Å². The van der Waals surface area contributed by atoms with Crippen molar-refractivity contribution < 1.29 is 18.7 Å². The predicted octanol–water partition coefficient (Wildman–Crippen LogP) is 1.45. The Labute approximate surface area is 120 Å². The molecule has 0 saturated carbocycles. The summed E-state index contributed by atoms with van der Waals surface area (Å²) < 4.78 is 15.8. The van der Waals surface area contributed by atoms with E-state index in [0.717, 1.165) is 0 Å². The number of morpholine rings is 1. The van der Waals surface area contributed by atoms with Gasteiger partial charge in [0.2, 0.25) is 0 Å². The number of anilines is 1. The molecule has 2 aromatic rings. The van der Waals surface area contributed by atoms with Crippen LogP contribution < -0.4 is 15.3 Å². The molecule has 0 bridgehead atoms. The van der Waals surface area contributed by atoms with Gasteiger partial charge in [0.15, 0.2) is 6.29 Å². The topological polar surface area (TPSA) is 69.0 Å². The molecule has 0 amide bonds. The SMILES string of the molecule is COc1ccc2oc(=O)c(C=O)c(N3CCOCC3)c2c1. The molecule has 1 aromatic heterocycles. The van der Waals surface area contributed by atoms with Gasteiger partial charge in [-0.2, -0.15) is 0 Å². The van der Waals surface area contributed by atoms with Crippen LogP contribution in [0.1, 0.15) is 10.4 Å². The van der Waals surface area contributed by atoms with Gasteiger partial charge < -0.3 is 18.8 Å². The van der Waals surface area contributed by atoms with Crippen LogP contribution in [-0.4, -0.2) is 39.7 Å². The van der Waals surface area contributed by atoms with Crippen LogP contribution >= 0.6 is 0 Å². The number of carbonyl (C=O) groups is 1. The van der Waals surface area contributed by atoms with Gasteiger partial charge in [-0.05, 0) is 18.2 Å². The predicted molar refractivity (Wildman–Crippen MR) is 77.5 cm³/mol. The Bertz CT molecular complexity index is 731. The van der Waals surface area contributed by atoms with Gasteiger partial charge in [-0.1, -0.05) is 0 Å². The standard InChI is InChI=1S/C15H15NO5/c1-19-10-2-3-13-11(8-10)14(12(9-17)15(18)21-13)16-4-6-20-7-5-16/h2-3,8-9H,4-7H2,1H3. The fraction of sp³-hybridized carbons (Fsp3) is 0.333. The van der Waals surface area contributed by atoms with E-state index in [9.17, 15) is 9.59 Å². The summed E-state index contributed by atoms with van der Waals surface area (Å²) in [5.41, 5.74) is 0.452. The number of benzene rings is 1. The first-order valence-electron chi connectivity index (χ1n) is 6.67. The van der Waals surface area contributed by atoms with Crippen LogP contribution in [-0.2, 0) is 4.74 Å². The zero-order valence-electron chi connectivity index (χ0n) is 11.6. The van der Waals surface area contributed by atoms with E-state index in [2.05, 4.69) is 0 Å². The summed E-state index contributed by atoms with van der Waals surface area (Å²) in [6, 6.07) is 5.17. The first-order chi connectivity index (χ1) is 10.2. The van der Waals surface area contributed by atoms with Crippen molar-refractivity contribution in [1.29, 1.82) is 0 Å². The highest BCUT2D eigenvalue weighted by Gasteiger charge is 2.22. The Morgan fingerprint density at radius 3 is 2.71 bits per heavy atom. The van der Waals surface area contributed by atoms with Crippen molar-refractivity contribution >= 4 is 22.9 Å². The molecular formula is C15H15NO5. The molecule has 6 nitrogen and oxygen atoms in total. The second-order valence-electron chi connectivity index (χ2n) is 4.73. The zero-order valence-corrected chi connectivity index (χ0v) is 11.6. The molecule has 0 aliphatic carbocycles. The minimum atomic E-state index is -0.621. The highest BCUT2D eigenvalue weighted by molar-refractivity contribution is 6.00. The van der Waals surface area contributed by atoms with E-state index in [4.69, 9.17) is 13.9 Å². The van der Waals surface area contributed by atoms with Crippen LogP contribution in [0.2, 0.25) is 0 Å². The summed E-state index contributed by atoms with van der Waals surface area (Å²) >= 11 is 0. The van der Waals surface area contributed by atoms with E-state index in [1.165, 1.54) is 0 Å². The Kier molecular flexibility index (Phi) is 3.62. The monoisotopic (exact) mass is 289 g/mol. The number of ether oxygens (including phenoxy) is 2. The third-order valence-corrected chi connectivity index (χ3v) is 3.56. The van der Waals surface area contributed by atoms with Crippen molar-refractivity contribution in [2.75, 3.05) is 38.3 Å². The van der Waals surface area contributed by atoms with Crippen LogP contribution in [0.3, 0.4) is 0 Å². The molecule has 1 aliphatic rings. The molecule has 1 aromatic carbocycles. The fourth-order valence-electron chi connectivity index (χ4n) is 2.54. The molecule has 110 valence electrons. The highest BCUT2D eigenvalue weighted by Crippen LogP contribution is 2.31. The maximum absolute atomic E-state index is 12.0. The largest absolute Gasteiger partial charge is 0.497 e. The molecule has 0 radical (unpaired) electrons. The van der Waals surface area contributed by atoms with Gasteiger partial charge in [0.05, 0.1) is 26.0 Å². The summed E-state index contributed by atoms with van der Waals surface area (Å²) in [6.45, 7) is 2.36. The summed E-state index contributed by atoms with van der Waals surface area (Å²) in [5, 5.41) is 0.693. The molecule has 0 spiro atoms. The first-order valence-corrected chi connectivity index (χ1v) is 6.67. The van der Waals surface area contributed by atoms with Gasteiger partial charge in [0, 0.05) is 18.5 Å². The fourth-order valence-corrected chi connectivity index (χ4v) is 2.54. The molecule has 1 saturated heterocycles. The van der Waals surface area contributed by atoms with Crippen molar-refractivity contribution in [3.63, 3.8) is 0 Å². The molecule has 2 heterocycles. The van der Waals surface area contributed by atoms with Crippen LogP contribution in [0.4, 0.5) is 5.69 Å². The smallest absolute Gasteiger partial charge is 0.349 e. The van der Waals surface area contributed by atoms with Gasteiger partial charge in [0.1, 0.15) is 16.9 Å². The highest BCUT2D eigenvalue weighted by atomic mass is 16.5. The van der Waals surface area contributed by atoms with Gasteiger partial charge in [0.25, 0.3) is 0 Å². The third-order valence-electron chi connectivity index (χ3n) is 3.56. The second kappa shape index (κ2) is 5.57. The number of carbonyl (C=O) groups excluding carboxylic acids is 1. The average molecular weight is 289 g/mol. The number of rotatable bonds is 3. The van der Waals surface area contributed by atoms with Gasteiger partial charge >= 0.3 is 5.63 Å². The lowest BCUT2D eigenvalue weighted by Gasteiger charge is -2.30. The first kappa shape index (κ1) is 13.6. The summed E-state index contributed by atoms with van der Waals surface area (Å²) in [6.07, 6.45) is 0.551. The van der Waals surface area contributed by atoms with Crippen molar-refractivity contribution in [3.05, 3.63) is 34.2 Å². The number of aldehydes is 1. The lowest BCUT2D eigenvalue weighted by molar-refractivity contribution is 0.111. The van der Waals surface area contributed by atoms with Crippen molar-refractivity contribution in [3.8, 4) is 5.75 Å². The minimum absolute atomic E-state index is 0.0395. The average Bonchev–Trinajstić information content (AvgIpc) is 2.54. The quantitative estimate of drug-likeness (QED) is 0.629. The van der Waals surface area contributed by atoms with Crippen LogP contribution in [0.5, 0.6) is 5.75 Å². The van der Waals surface area contributed by atoms with Crippen molar-refractivity contribution in [2.45, 2.75) is 0 Å². The Morgan fingerprint density at radius 1 is 1.29 bits per heavy atom. The number of hydrogen-bond acceptors (Lipinski definition) is 6. The molecular weight excluding hydrogens is 274 g/mol. The Hall–Kier alpha value is -2.34. The lowest BCUT2D eigenvalue weighted by atomic mass is 10.1. The number of fused-ring (bicyclic) bond motifs is 1. The molecule has 21 heavy (non-hydrogen) atoms. The maximum atomic E-state index is 12.0. The van der Waals surface area contributed by atoms with Crippen LogP contribution in [0.25, 0.3) is 11.0 Å². The molecule has 3 rings (SSSR count). The van der Waals surface area contributed by atoms with Crippen molar-refractivity contribution in [2.24, 2.45) is 0 Å².